The van der Waals surface area contributed by atoms with E-state index in [9.17, 15) is 0 Å². The molecule has 5 heteroatoms. The minimum absolute atomic E-state index is 0.627. The lowest BCUT2D eigenvalue weighted by Crippen LogP contribution is -2.00. The van der Waals surface area contributed by atoms with E-state index in [2.05, 4.69) is 203 Å². The quantitative estimate of drug-likeness (QED) is 0.172. The molecule has 0 radical (unpaired) electrons. The SMILES string of the molecule is c1ccc(-c2ccc(-c3nc(-c4ccc5c(c4)c4ccccc4n5-c4ccccc4)nc(-c4ccc5c(c4)c4ccccc4n5-c4ccccc4)n3)cc2)cc1. The fourth-order valence-corrected chi connectivity index (χ4v) is 8.14. The standard InChI is InChI=1S/C51H33N5/c1-4-14-34(15-5-1)35-24-26-36(27-25-35)49-52-50(37-28-30-47-43(32-37)41-20-10-12-22-45(41)55(47)39-16-6-2-7-17-39)54-51(53-49)38-29-31-48-44(33-38)42-21-11-13-23-46(42)56(48)40-18-8-3-9-19-40/h1-33H. The second-order valence-electron chi connectivity index (χ2n) is 14.1. The van der Waals surface area contributed by atoms with Gasteiger partial charge in [-0.05, 0) is 83.9 Å². The molecule has 56 heavy (non-hydrogen) atoms. The van der Waals surface area contributed by atoms with Crippen LogP contribution in [0, 0.1) is 0 Å². The highest BCUT2D eigenvalue weighted by Gasteiger charge is 2.18. The van der Waals surface area contributed by atoms with Gasteiger partial charge < -0.3 is 9.13 Å². The third-order valence-corrected chi connectivity index (χ3v) is 10.8. The Bertz CT molecular complexity index is 3040. The summed E-state index contributed by atoms with van der Waals surface area (Å²) in [6.45, 7) is 0. The van der Waals surface area contributed by atoms with Crippen molar-refractivity contribution in [3.05, 3.63) is 200 Å². The maximum absolute atomic E-state index is 5.23. The molecule has 0 spiro atoms. The Morgan fingerprint density at radius 1 is 0.250 bits per heavy atom. The summed E-state index contributed by atoms with van der Waals surface area (Å²) in [7, 11) is 0. The molecule has 0 saturated heterocycles. The lowest BCUT2D eigenvalue weighted by molar-refractivity contribution is 1.07. The monoisotopic (exact) mass is 715 g/mol. The van der Waals surface area contributed by atoms with E-state index < -0.39 is 0 Å². The lowest BCUT2D eigenvalue weighted by atomic mass is 10.0. The number of rotatable bonds is 6. The number of hydrogen-bond acceptors (Lipinski definition) is 3. The van der Waals surface area contributed by atoms with Crippen LogP contribution < -0.4 is 0 Å². The zero-order valence-corrected chi connectivity index (χ0v) is 30.3. The van der Waals surface area contributed by atoms with E-state index in [1.54, 1.807) is 0 Å². The highest BCUT2D eigenvalue weighted by atomic mass is 15.0. The first-order valence-electron chi connectivity index (χ1n) is 18.9. The van der Waals surface area contributed by atoms with Gasteiger partial charge in [0.15, 0.2) is 17.5 Å². The van der Waals surface area contributed by atoms with Crippen LogP contribution in [0.25, 0.3) is 100 Å². The van der Waals surface area contributed by atoms with Crippen molar-refractivity contribution in [2.75, 3.05) is 0 Å². The summed E-state index contributed by atoms with van der Waals surface area (Å²) in [4.78, 5) is 15.6. The molecule has 0 N–H and O–H groups in total. The van der Waals surface area contributed by atoms with Crippen molar-refractivity contribution in [2.24, 2.45) is 0 Å². The molecule has 0 amide bonds. The van der Waals surface area contributed by atoms with Crippen LogP contribution in [0.4, 0.5) is 0 Å². The fourth-order valence-electron chi connectivity index (χ4n) is 8.14. The smallest absolute Gasteiger partial charge is 0.164 e. The van der Waals surface area contributed by atoms with E-state index in [1.165, 1.54) is 16.3 Å². The van der Waals surface area contributed by atoms with E-state index in [1.807, 2.05) is 6.07 Å². The molecule has 0 saturated carbocycles. The molecule has 0 fully saturated rings. The Morgan fingerprint density at radius 2 is 0.589 bits per heavy atom. The molecule has 0 atom stereocenters. The number of aromatic nitrogens is 5. The van der Waals surface area contributed by atoms with Gasteiger partial charge in [0.05, 0.1) is 22.1 Å². The van der Waals surface area contributed by atoms with Crippen LogP contribution in [0.15, 0.2) is 200 Å². The molecule has 0 aliphatic carbocycles. The molecule has 3 aromatic heterocycles. The van der Waals surface area contributed by atoms with E-state index >= 15 is 0 Å². The Hall–Kier alpha value is -7.63. The predicted octanol–water partition coefficient (Wildman–Crippen LogP) is 12.7. The van der Waals surface area contributed by atoms with E-state index in [0.29, 0.717) is 17.5 Å². The average Bonchev–Trinajstić information content (AvgIpc) is 3.79. The number of fused-ring (bicyclic) bond motifs is 6. The van der Waals surface area contributed by atoms with Crippen LogP contribution in [0.3, 0.4) is 0 Å². The molecule has 5 nitrogen and oxygen atoms in total. The minimum atomic E-state index is 0.627. The van der Waals surface area contributed by atoms with E-state index in [0.717, 1.165) is 66.5 Å². The van der Waals surface area contributed by atoms with Gasteiger partial charge in [-0.1, -0.05) is 127 Å². The molecule has 0 unspecified atom stereocenters. The maximum atomic E-state index is 5.23. The van der Waals surface area contributed by atoms with Crippen molar-refractivity contribution in [3.8, 4) is 56.7 Å². The number of para-hydroxylation sites is 4. The summed E-state index contributed by atoms with van der Waals surface area (Å²) in [6.07, 6.45) is 0. The third kappa shape index (κ3) is 5.29. The second kappa shape index (κ2) is 13.0. The van der Waals surface area contributed by atoms with Gasteiger partial charge in [0, 0.05) is 49.6 Å². The molecular weight excluding hydrogens is 683 g/mol. The van der Waals surface area contributed by atoms with Gasteiger partial charge >= 0.3 is 0 Å². The molecule has 0 aliphatic rings. The summed E-state index contributed by atoms with van der Waals surface area (Å²) in [5.74, 6) is 1.88. The number of benzene rings is 8. The minimum Gasteiger partial charge on any atom is -0.309 e. The van der Waals surface area contributed by atoms with E-state index in [4.69, 9.17) is 15.0 Å². The summed E-state index contributed by atoms with van der Waals surface area (Å²) >= 11 is 0. The van der Waals surface area contributed by atoms with Crippen LogP contribution in [-0.2, 0) is 0 Å². The maximum Gasteiger partial charge on any atom is 0.164 e. The van der Waals surface area contributed by atoms with Crippen molar-refractivity contribution in [2.45, 2.75) is 0 Å². The van der Waals surface area contributed by atoms with Gasteiger partial charge in [0.1, 0.15) is 0 Å². The van der Waals surface area contributed by atoms with E-state index in [-0.39, 0.29) is 0 Å². The summed E-state index contributed by atoms with van der Waals surface area (Å²) in [5.41, 5.74) is 11.9. The van der Waals surface area contributed by atoms with Gasteiger partial charge in [-0.15, -0.1) is 0 Å². The zero-order valence-electron chi connectivity index (χ0n) is 30.3. The molecule has 262 valence electrons. The van der Waals surface area contributed by atoms with Gasteiger partial charge in [-0.2, -0.15) is 0 Å². The molecule has 0 aliphatic heterocycles. The van der Waals surface area contributed by atoms with Crippen molar-refractivity contribution in [3.63, 3.8) is 0 Å². The predicted molar refractivity (Wildman–Crippen MR) is 230 cm³/mol. The fraction of sp³-hybridized carbons (Fsp3) is 0. The lowest BCUT2D eigenvalue weighted by Gasteiger charge is -2.11. The van der Waals surface area contributed by atoms with Gasteiger partial charge in [0.2, 0.25) is 0 Å². The summed E-state index contributed by atoms with van der Waals surface area (Å²) in [5, 5.41) is 4.65. The van der Waals surface area contributed by atoms with Crippen LogP contribution in [0.1, 0.15) is 0 Å². The molecule has 3 heterocycles. The zero-order chi connectivity index (χ0) is 37.0. The topological polar surface area (TPSA) is 48.5 Å². The summed E-state index contributed by atoms with van der Waals surface area (Å²) in [6, 6.07) is 70.3. The van der Waals surface area contributed by atoms with Crippen LogP contribution >= 0.6 is 0 Å². The molecule has 11 aromatic rings. The number of hydrogen-bond donors (Lipinski definition) is 0. The first-order valence-corrected chi connectivity index (χ1v) is 18.9. The largest absolute Gasteiger partial charge is 0.309 e. The Labute approximate surface area is 323 Å². The van der Waals surface area contributed by atoms with Crippen LogP contribution in [-0.4, -0.2) is 24.1 Å². The second-order valence-corrected chi connectivity index (χ2v) is 14.1. The average molecular weight is 716 g/mol. The molecular formula is C51H33N5. The number of nitrogens with zero attached hydrogens (tertiary/aromatic N) is 5. The first kappa shape index (κ1) is 31.9. The Balaban J connectivity index is 1.11. The van der Waals surface area contributed by atoms with Crippen molar-refractivity contribution in [1.82, 2.24) is 24.1 Å². The van der Waals surface area contributed by atoms with Gasteiger partial charge in [-0.3, -0.25) is 0 Å². The first-order chi connectivity index (χ1) is 27.8. The van der Waals surface area contributed by atoms with Gasteiger partial charge in [-0.25, -0.2) is 15.0 Å². The van der Waals surface area contributed by atoms with Crippen LogP contribution in [0.2, 0.25) is 0 Å². The Morgan fingerprint density at radius 3 is 1.07 bits per heavy atom. The summed E-state index contributed by atoms with van der Waals surface area (Å²) < 4.78 is 4.65. The van der Waals surface area contributed by atoms with Crippen molar-refractivity contribution >= 4 is 43.6 Å². The normalized spacial score (nSPS) is 11.6. The molecule has 0 bridgehead atoms. The van der Waals surface area contributed by atoms with Crippen molar-refractivity contribution < 1.29 is 0 Å². The molecule has 11 rings (SSSR count). The highest BCUT2D eigenvalue weighted by molar-refractivity contribution is 6.11. The Kier molecular flexibility index (Phi) is 7.42. The highest BCUT2D eigenvalue weighted by Crippen LogP contribution is 2.37. The van der Waals surface area contributed by atoms with Gasteiger partial charge in [0.25, 0.3) is 0 Å². The third-order valence-electron chi connectivity index (χ3n) is 10.8. The van der Waals surface area contributed by atoms with Crippen LogP contribution in [0.5, 0.6) is 0 Å². The van der Waals surface area contributed by atoms with Crippen molar-refractivity contribution in [1.29, 1.82) is 0 Å². The molecule has 8 aromatic carbocycles.